The lowest BCUT2D eigenvalue weighted by molar-refractivity contribution is -0.0598. The number of nitrogens with zero attached hydrogens (tertiary/aromatic N) is 2. The Morgan fingerprint density at radius 1 is 1.22 bits per heavy atom. The topological polar surface area (TPSA) is 54.5 Å². The molecule has 0 atom stereocenters. The summed E-state index contributed by atoms with van der Waals surface area (Å²) in [7, 11) is 2.99. The number of urea groups is 1. The van der Waals surface area contributed by atoms with E-state index in [0.29, 0.717) is 5.69 Å². The molecule has 3 aromatic rings. The molecule has 5 nitrogen and oxygen atoms in total. The maximum Gasteiger partial charge on any atom is 0.345 e. The van der Waals surface area contributed by atoms with Gasteiger partial charge in [0.1, 0.15) is 0 Å². The lowest BCUT2D eigenvalue weighted by Crippen LogP contribution is -2.30. The van der Waals surface area contributed by atoms with Gasteiger partial charge in [-0.05, 0) is 36.4 Å². The first-order chi connectivity index (χ1) is 11.2. The van der Waals surface area contributed by atoms with Crippen molar-refractivity contribution in [2.24, 2.45) is 0 Å². The molecule has 0 spiro atoms. The number of thiazole rings is 1. The summed E-state index contributed by atoms with van der Waals surface area (Å²) >= 11 is 3.28. The molecule has 1 aromatic heterocycles. The van der Waals surface area contributed by atoms with Crippen LogP contribution in [0.2, 0.25) is 0 Å². The molecule has 118 valence electrons. The summed E-state index contributed by atoms with van der Waals surface area (Å²) in [5, 5.41) is 3.87. The van der Waals surface area contributed by atoms with Crippen LogP contribution >= 0.6 is 23.1 Å². The first-order valence-electron chi connectivity index (χ1n) is 6.88. The Kier molecular flexibility index (Phi) is 4.80. The average molecular weight is 345 g/mol. The van der Waals surface area contributed by atoms with Crippen molar-refractivity contribution >= 4 is 45.0 Å². The normalized spacial score (nSPS) is 10.7. The number of anilines is 1. The van der Waals surface area contributed by atoms with Crippen molar-refractivity contribution in [3.05, 3.63) is 48.5 Å². The zero-order valence-electron chi connectivity index (χ0n) is 12.6. The van der Waals surface area contributed by atoms with Gasteiger partial charge in [0.15, 0.2) is 4.34 Å². The molecule has 0 aliphatic carbocycles. The lowest BCUT2D eigenvalue weighted by Gasteiger charge is -2.14. The molecule has 0 saturated heterocycles. The number of carbonyl (C=O) groups excluding carboxylic acids is 1. The maximum atomic E-state index is 11.7. The molecular weight excluding hydrogens is 330 g/mol. The number of para-hydroxylation sites is 1. The van der Waals surface area contributed by atoms with E-state index >= 15 is 0 Å². The summed E-state index contributed by atoms with van der Waals surface area (Å²) < 4.78 is 2.18. The van der Waals surface area contributed by atoms with Crippen LogP contribution in [-0.2, 0) is 4.84 Å². The second kappa shape index (κ2) is 6.99. The zero-order valence-corrected chi connectivity index (χ0v) is 14.3. The molecule has 0 aliphatic rings. The number of rotatable bonds is 4. The van der Waals surface area contributed by atoms with Crippen LogP contribution in [0.3, 0.4) is 0 Å². The van der Waals surface area contributed by atoms with Gasteiger partial charge in [-0.2, -0.15) is 0 Å². The molecule has 7 heteroatoms. The third-order valence-corrected chi connectivity index (χ3v) is 5.25. The summed E-state index contributed by atoms with van der Waals surface area (Å²) in [6.07, 6.45) is 0. The van der Waals surface area contributed by atoms with E-state index in [2.05, 4.69) is 16.4 Å². The number of aromatic nitrogens is 1. The largest absolute Gasteiger partial charge is 0.345 e. The quantitative estimate of drug-likeness (QED) is 0.709. The fourth-order valence-electron chi connectivity index (χ4n) is 1.89. The Labute approximate surface area is 142 Å². The van der Waals surface area contributed by atoms with E-state index < -0.39 is 0 Å². The molecule has 1 heterocycles. The molecule has 23 heavy (non-hydrogen) atoms. The van der Waals surface area contributed by atoms with Gasteiger partial charge in [-0.25, -0.2) is 14.8 Å². The van der Waals surface area contributed by atoms with Crippen molar-refractivity contribution in [1.82, 2.24) is 10.0 Å². The predicted molar refractivity (Wildman–Crippen MR) is 94.0 cm³/mol. The second-order valence-electron chi connectivity index (χ2n) is 4.68. The van der Waals surface area contributed by atoms with Crippen molar-refractivity contribution in [3.8, 4) is 0 Å². The SMILES string of the molecule is CON(C)C(=O)Nc1ccc(Sc2nc3ccccc3s2)cc1. The molecular formula is C16H15N3O2S2. The van der Waals surface area contributed by atoms with Gasteiger partial charge in [0.2, 0.25) is 0 Å². The van der Waals surface area contributed by atoms with Gasteiger partial charge in [-0.15, -0.1) is 11.3 Å². The summed E-state index contributed by atoms with van der Waals surface area (Å²) in [6.45, 7) is 0. The number of hydrogen-bond donors (Lipinski definition) is 1. The molecule has 0 unspecified atom stereocenters. The minimum absolute atomic E-state index is 0.320. The molecule has 1 N–H and O–H groups in total. The van der Waals surface area contributed by atoms with Crippen molar-refractivity contribution in [3.63, 3.8) is 0 Å². The highest BCUT2D eigenvalue weighted by atomic mass is 32.2. The standard InChI is InChI=1S/C16H15N3O2S2/c1-19(21-2)15(20)17-11-7-9-12(10-8-11)22-16-18-13-5-3-4-6-14(13)23-16/h3-10H,1-2H3,(H,17,20). The number of hydrogen-bond acceptors (Lipinski definition) is 5. The van der Waals surface area contributed by atoms with E-state index in [9.17, 15) is 4.79 Å². The predicted octanol–water partition coefficient (Wildman–Crippen LogP) is 4.47. The van der Waals surface area contributed by atoms with E-state index in [-0.39, 0.29) is 6.03 Å². The Hall–Kier alpha value is -2.09. The highest BCUT2D eigenvalue weighted by Gasteiger charge is 2.08. The van der Waals surface area contributed by atoms with Crippen LogP contribution in [0.4, 0.5) is 10.5 Å². The second-order valence-corrected chi connectivity index (χ2v) is 7.04. The van der Waals surface area contributed by atoms with E-state index in [1.165, 1.54) is 11.8 Å². The zero-order chi connectivity index (χ0) is 16.2. The fourth-order valence-corrected chi connectivity index (χ4v) is 3.93. The van der Waals surface area contributed by atoms with Crippen molar-refractivity contribution in [2.75, 3.05) is 19.5 Å². The number of amides is 2. The summed E-state index contributed by atoms with van der Waals surface area (Å²) in [4.78, 5) is 22.2. The van der Waals surface area contributed by atoms with E-state index in [1.54, 1.807) is 30.1 Å². The van der Waals surface area contributed by atoms with Gasteiger partial charge in [0.25, 0.3) is 0 Å². The lowest BCUT2D eigenvalue weighted by atomic mass is 10.3. The van der Waals surface area contributed by atoms with Crippen molar-refractivity contribution < 1.29 is 9.63 Å². The monoisotopic (exact) mass is 345 g/mol. The molecule has 0 bridgehead atoms. The summed E-state index contributed by atoms with van der Waals surface area (Å²) in [5.74, 6) is 0. The minimum atomic E-state index is -0.320. The van der Waals surface area contributed by atoms with E-state index in [4.69, 9.17) is 4.84 Å². The van der Waals surface area contributed by atoms with Gasteiger partial charge >= 0.3 is 6.03 Å². The van der Waals surface area contributed by atoms with Gasteiger partial charge in [0, 0.05) is 17.6 Å². The van der Waals surface area contributed by atoms with E-state index in [1.807, 2.05) is 42.5 Å². The first kappa shape index (κ1) is 15.8. The number of carbonyl (C=O) groups is 1. The van der Waals surface area contributed by atoms with Crippen molar-refractivity contribution in [1.29, 1.82) is 0 Å². The maximum absolute atomic E-state index is 11.7. The highest BCUT2D eigenvalue weighted by molar-refractivity contribution is 8.01. The molecule has 0 radical (unpaired) electrons. The molecule has 2 aromatic carbocycles. The van der Waals surface area contributed by atoms with Gasteiger partial charge in [-0.3, -0.25) is 4.84 Å². The Balaban J connectivity index is 1.68. The van der Waals surface area contributed by atoms with Crippen LogP contribution in [0, 0.1) is 0 Å². The van der Waals surface area contributed by atoms with Crippen LogP contribution in [0.25, 0.3) is 10.2 Å². The molecule has 3 rings (SSSR count). The van der Waals surface area contributed by atoms with Crippen molar-refractivity contribution in [2.45, 2.75) is 9.24 Å². The third kappa shape index (κ3) is 3.82. The summed E-state index contributed by atoms with van der Waals surface area (Å²) in [6, 6.07) is 15.4. The van der Waals surface area contributed by atoms with Crippen LogP contribution < -0.4 is 5.32 Å². The summed E-state index contributed by atoms with van der Waals surface area (Å²) in [5.41, 5.74) is 1.74. The molecule has 2 amide bonds. The Bertz CT molecular complexity index is 785. The highest BCUT2D eigenvalue weighted by Crippen LogP contribution is 2.34. The molecule has 0 saturated carbocycles. The minimum Gasteiger partial charge on any atom is -0.306 e. The van der Waals surface area contributed by atoms with Crippen LogP contribution in [0.1, 0.15) is 0 Å². The number of benzene rings is 2. The average Bonchev–Trinajstić information content (AvgIpc) is 2.98. The van der Waals surface area contributed by atoms with Gasteiger partial charge in [-0.1, -0.05) is 23.9 Å². The van der Waals surface area contributed by atoms with Crippen LogP contribution in [0.15, 0.2) is 57.8 Å². The van der Waals surface area contributed by atoms with Crippen LogP contribution in [0.5, 0.6) is 0 Å². The number of hydroxylamine groups is 2. The third-order valence-electron chi connectivity index (χ3n) is 3.14. The Morgan fingerprint density at radius 2 is 1.96 bits per heavy atom. The van der Waals surface area contributed by atoms with Gasteiger partial charge in [0.05, 0.1) is 17.3 Å². The molecule has 0 fully saturated rings. The Morgan fingerprint density at radius 3 is 2.65 bits per heavy atom. The number of fused-ring (bicyclic) bond motifs is 1. The fraction of sp³-hybridized carbons (Fsp3) is 0.125. The smallest absolute Gasteiger partial charge is 0.306 e. The number of nitrogens with one attached hydrogen (secondary N) is 1. The first-order valence-corrected chi connectivity index (χ1v) is 8.51. The molecule has 0 aliphatic heterocycles. The van der Waals surface area contributed by atoms with E-state index in [0.717, 1.165) is 19.8 Å². The van der Waals surface area contributed by atoms with Crippen LogP contribution in [-0.4, -0.2) is 30.2 Å². The van der Waals surface area contributed by atoms with Gasteiger partial charge < -0.3 is 5.32 Å².